The molecule has 7 nitrogen and oxygen atoms in total. The molecule has 0 bridgehead atoms. The third kappa shape index (κ3) is 4.07. The van der Waals surface area contributed by atoms with Crippen molar-refractivity contribution >= 4 is 5.82 Å². The van der Waals surface area contributed by atoms with E-state index in [2.05, 4.69) is 31.8 Å². The molecule has 1 unspecified atom stereocenters. The second kappa shape index (κ2) is 8.16. The lowest BCUT2D eigenvalue weighted by Crippen LogP contribution is -2.47. The van der Waals surface area contributed by atoms with Crippen LogP contribution < -0.4 is 9.64 Å². The van der Waals surface area contributed by atoms with Crippen LogP contribution in [-0.4, -0.2) is 53.3 Å². The van der Waals surface area contributed by atoms with E-state index < -0.39 is 0 Å². The maximum Gasteiger partial charge on any atom is 0.244 e. The summed E-state index contributed by atoms with van der Waals surface area (Å²) in [4.78, 5) is 13.5. The predicted molar refractivity (Wildman–Crippen MR) is 107 cm³/mol. The number of aromatic nitrogens is 3. The molecule has 8 heteroatoms. The SMILES string of the molecule is COc1ccnc(N2CCN(C(C)c3nc(-c4ccc(F)c(C)c4)no3)CC2)c1. The van der Waals surface area contributed by atoms with Crippen molar-refractivity contribution < 1.29 is 13.7 Å². The zero-order chi connectivity index (χ0) is 20.4. The lowest BCUT2D eigenvalue weighted by atomic mass is 10.1. The lowest BCUT2D eigenvalue weighted by molar-refractivity contribution is 0.164. The number of halogens is 1. The van der Waals surface area contributed by atoms with Crippen molar-refractivity contribution in [3.05, 3.63) is 53.8 Å². The summed E-state index contributed by atoms with van der Waals surface area (Å²) in [6, 6.07) is 8.62. The van der Waals surface area contributed by atoms with E-state index in [9.17, 15) is 4.39 Å². The smallest absolute Gasteiger partial charge is 0.244 e. The normalized spacial score (nSPS) is 16.1. The van der Waals surface area contributed by atoms with Crippen molar-refractivity contribution in [2.45, 2.75) is 19.9 Å². The van der Waals surface area contributed by atoms with Crippen LogP contribution in [0.5, 0.6) is 5.75 Å². The summed E-state index contributed by atoms with van der Waals surface area (Å²) in [7, 11) is 1.66. The predicted octanol–water partition coefficient (Wildman–Crippen LogP) is 3.47. The van der Waals surface area contributed by atoms with E-state index in [-0.39, 0.29) is 11.9 Å². The average Bonchev–Trinajstić information content (AvgIpc) is 3.25. The van der Waals surface area contributed by atoms with Crippen molar-refractivity contribution in [1.29, 1.82) is 0 Å². The Morgan fingerprint density at radius 3 is 2.66 bits per heavy atom. The fourth-order valence-electron chi connectivity index (χ4n) is 3.50. The first kappa shape index (κ1) is 19.3. The minimum atomic E-state index is -0.241. The van der Waals surface area contributed by atoms with Crippen LogP contribution in [0.2, 0.25) is 0 Å². The van der Waals surface area contributed by atoms with Crippen molar-refractivity contribution in [2.24, 2.45) is 0 Å². The fourth-order valence-corrected chi connectivity index (χ4v) is 3.50. The minimum Gasteiger partial charge on any atom is -0.497 e. The van der Waals surface area contributed by atoms with Gasteiger partial charge >= 0.3 is 0 Å². The molecule has 1 aromatic carbocycles. The van der Waals surface area contributed by atoms with E-state index in [0.29, 0.717) is 17.3 Å². The Morgan fingerprint density at radius 1 is 1.14 bits per heavy atom. The molecule has 3 heterocycles. The maximum absolute atomic E-state index is 13.5. The number of hydrogen-bond donors (Lipinski definition) is 0. The Hall–Kier alpha value is -3.00. The molecule has 4 rings (SSSR count). The van der Waals surface area contributed by atoms with E-state index in [1.165, 1.54) is 6.07 Å². The zero-order valence-electron chi connectivity index (χ0n) is 16.8. The van der Waals surface area contributed by atoms with Crippen LogP contribution in [0.1, 0.15) is 24.4 Å². The summed E-state index contributed by atoms with van der Waals surface area (Å²) in [5.41, 5.74) is 1.31. The molecule has 1 saturated heterocycles. The third-order valence-corrected chi connectivity index (χ3v) is 5.35. The van der Waals surface area contributed by atoms with Gasteiger partial charge in [0.05, 0.1) is 13.2 Å². The Balaban J connectivity index is 1.41. The van der Waals surface area contributed by atoms with Crippen LogP contribution in [-0.2, 0) is 0 Å². The fraction of sp³-hybridized carbons (Fsp3) is 0.381. The number of ether oxygens (including phenoxy) is 1. The van der Waals surface area contributed by atoms with Gasteiger partial charge in [-0.1, -0.05) is 5.16 Å². The van der Waals surface area contributed by atoms with Gasteiger partial charge in [-0.25, -0.2) is 9.37 Å². The molecule has 0 radical (unpaired) electrons. The molecule has 0 N–H and O–H groups in total. The van der Waals surface area contributed by atoms with Crippen molar-refractivity contribution in [1.82, 2.24) is 20.0 Å². The third-order valence-electron chi connectivity index (χ3n) is 5.35. The van der Waals surface area contributed by atoms with E-state index in [1.807, 2.05) is 12.1 Å². The second-order valence-electron chi connectivity index (χ2n) is 7.17. The highest BCUT2D eigenvalue weighted by Gasteiger charge is 2.26. The summed E-state index contributed by atoms with van der Waals surface area (Å²) in [5, 5.41) is 4.09. The van der Waals surface area contributed by atoms with Crippen LogP contribution in [0.15, 0.2) is 41.1 Å². The van der Waals surface area contributed by atoms with Gasteiger partial charge in [0.2, 0.25) is 11.7 Å². The van der Waals surface area contributed by atoms with Gasteiger partial charge in [-0.2, -0.15) is 4.98 Å². The first-order valence-electron chi connectivity index (χ1n) is 9.64. The summed E-state index contributed by atoms with van der Waals surface area (Å²) in [5.74, 6) is 2.53. The van der Waals surface area contributed by atoms with Crippen LogP contribution in [0.3, 0.4) is 0 Å². The molecule has 1 aliphatic heterocycles. The number of anilines is 1. The summed E-state index contributed by atoms with van der Waals surface area (Å²) < 4.78 is 24.3. The van der Waals surface area contributed by atoms with Crippen molar-refractivity contribution in [3.63, 3.8) is 0 Å². The molecule has 1 fully saturated rings. The molecule has 0 saturated carbocycles. The monoisotopic (exact) mass is 397 g/mol. The van der Waals surface area contributed by atoms with Crippen molar-refractivity contribution in [2.75, 3.05) is 38.2 Å². The van der Waals surface area contributed by atoms with E-state index in [1.54, 1.807) is 32.4 Å². The van der Waals surface area contributed by atoms with Crippen LogP contribution >= 0.6 is 0 Å². The molecule has 0 aliphatic carbocycles. The molecule has 29 heavy (non-hydrogen) atoms. The first-order valence-corrected chi connectivity index (χ1v) is 9.64. The minimum absolute atomic E-state index is 0.00165. The van der Waals surface area contributed by atoms with Crippen LogP contribution in [0.25, 0.3) is 11.4 Å². The van der Waals surface area contributed by atoms with Gasteiger partial charge in [-0.3, -0.25) is 4.90 Å². The van der Waals surface area contributed by atoms with Gasteiger partial charge in [-0.05, 0) is 43.7 Å². The lowest BCUT2D eigenvalue weighted by Gasteiger charge is -2.37. The second-order valence-corrected chi connectivity index (χ2v) is 7.17. The maximum atomic E-state index is 13.5. The first-order chi connectivity index (χ1) is 14.0. The number of piperazine rings is 1. The van der Waals surface area contributed by atoms with Gasteiger partial charge in [-0.15, -0.1) is 0 Å². The standard InChI is InChI=1S/C21H24FN5O2/c1-14-12-16(4-5-18(14)22)20-24-21(29-25-20)15(2)26-8-10-27(11-9-26)19-13-17(28-3)6-7-23-19/h4-7,12-13,15H,8-11H2,1-3H3. The number of hydrogen-bond acceptors (Lipinski definition) is 7. The van der Waals surface area contributed by atoms with E-state index in [4.69, 9.17) is 9.26 Å². The topological polar surface area (TPSA) is 67.5 Å². The molecule has 0 spiro atoms. The summed E-state index contributed by atoms with van der Waals surface area (Å²) >= 11 is 0. The molecule has 1 atom stereocenters. The largest absolute Gasteiger partial charge is 0.497 e. The van der Waals surface area contributed by atoms with Crippen LogP contribution in [0.4, 0.5) is 10.2 Å². The number of benzene rings is 1. The quantitative estimate of drug-likeness (QED) is 0.653. The van der Waals surface area contributed by atoms with E-state index >= 15 is 0 Å². The molecule has 0 amide bonds. The highest BCUT2D eigenvalue weighted by atomic mass is 19.1. The highest BCUT2D eigenvalue weighted by Crippen LogP contribution is 2.26. The van der Waals surface area contributed by atoms with Gasteiger partial charge in [0.25, 0.3) is 0 Å². The van der Waals surface area contributed by atoms with Gasteiger partial charge < -0.3 is 14.2 Å². The molecule has 1 aliphatic rings. The summed E-state index contributed by atoms with van der Waals surface area (Å²) in [6.07, 6.45) is 1.76. The van der Waals surface area contributed by atoms with Gasteiger partial charge in [0.1, 0.15) is 17.4 Å². The number of rotatable bonds is 5. The molecule has 2 aromatic heterocycles. The number of methoxy groups -OCH3 is 1. The Labute approximate surface area is 169 Å². The van der Waals surface area contributed by atoms with Gasteiger partial charge in [0.15, 0.2) is 0 Å². The Bertz CT molecular complexity index is 985. The van der Waals surface area contributed by atoms with Crippen LogP contribution in [0, 0.1) is 12.7 Å². The van der Waals surface area contributed by atoms with E-state index in [0.717, 1.165) is 43.3 Å². The Kier molecular flexibility index (Phi) is 5.44. The number of aryl methyl sites for hydroxylation is 1. The number of pyridine rings is 1. The summed E-state index contributed by atoms with van der Waals surface area (Å²) in [6.45, 7) is 7.19. The number of nitrogens with zero attached hydrogens (tertiary/aromatic N) is 5. The highest BCUT2D eigenvalue weighted by molar-refractivity contribution is 5.55. The van der Waals surface area contributed by atoms with Gasteiger partial charge in [0, 0.05) is 44.0 Å². The molecular formula is C21H24FN5O2. The molecule has 152 valence electrons. The molecule has 3 aromatic rings. The zero-order valence-corrected chi connectivity index (χ0v) is 16.8. The Morgan fingerprint density at radius 2 is 1.93 bits per heavy atom. The molecular weight excluding hydrogens is 373 g/mol. The average molecular weight is 397 g/mol. The van der Waals surface area contributed by atoms with Crippen molar-refractivity contribution in [3.8, 4) is 17.1 Å².